The van der Waals surface area contributed by atoms with Gasteiger partial charge in [-0.2, -0.15) is 0 Å². The van der Waals surface area contributed by atoms with E-state index in [0.29, 0.717) is 13.0 Å². The first-order valence-electron chi connectivity index (χ1n) is 18.6. The number of ether oxygens (including phenoxy) is 1. The van der Waals surface area contributed by atoms with Gasteiger partial charge in [0.15, 0.2) is 0 Å². The molecule has 5 aromatic rings. The summed E-state index contributed by atoms with van der Waals surface area (Å²) in [6.07, 6.45) is 10.00. The van der Waals surface area contributed by atoms with Crippen molar-refractivity contribution >= 4 is 23.3 Å². The Morgan fingerprint density at radius 1 is 0.852 bits per heavy atom. The number of hydrogen-bond donors (Lipinski definition) is 1. The SMILES string of the molecule is CN(C)[C@@H](C(=O)N1CCC[C@H]1c1ncc(-c2ccc(-c3ccc(C4=CN=C([C@@H]5C=CCN5C(=O)OCc5ccccc5)C4)cc3)cc2)[nH]1)c1ccccc1. The molecule has 1 fully saturated rings. The number of likely N-dealkylation sites (tertiary alicyclic amines) is 1. The van der Waals surface area contributed by atoms with Crippen molar-refractivity contribution in [2.75, 3.05) is 27.2 Å². The van der Waals surface area contributed by atoms with Crippen molar-refractivity contribution in [2.45, 2.75) is 44.0 Å². The number of carbonyl (C=O) groups is 2. The summed E-state index contributed by atoms with van der Waals surface area (Å²) in [7, 11) is 3.92. The predicted octanol–water partition coefficient (Wildman–Crippen LogP) is 8.47. The summed E-state index contributed by atoms with van der Waals surface area (Å²) in [5.41, 5.74) is 9.34. The fraction of sp³-hybridized carbons (Fsp3) is 0.244. The lowest BCUT2D eigenvalue weighted by molar-refractivity contribution is -0.137. The van der Waals surface area contributed by atoms with Gasteiger partial charge < -0.3 is 14.6 Å². The van der Waals surface area contributed by atoms with Crippen LogP contribution in [0.25, 0.3) is 28.0 Å². The molecule has 2 amide bonds. The van der Waals surface area contributed by atoms with E-state index in [1.165, 1.54) is 0 Å². The Labute approximate surface area is 316 Å². The van der Waals surface area contributed by atoms with Crippen LogP contribution < -0.4 is 0 Å². The molecule has 3 aliphatic heterocycles. The van der Waals surface area contributed by atoms with E-state index in [-0.39, 0.29) is 36.7 Å². The Hall–Kier alpha value is -6.06. The minimum absolute atomic E-state index is 0.0818. The molecule has 4 heterocycles. The van der Waals surface area contributed by atoms with E-state index in [1.54, 1.807) is 4.90 Å². The van der Waals surface area contributed by atoms with E-state index in [0.717, 1.165) is 75.6 Å². The van der Waals surface area contributed by atoms with E-state index in [2.05, 4.69) is 53.5 Å². The van der Waals surface area contributed by atoms with Crippen molar-refractivity contribution in [3.05, 3.63) is 156 Å². The van der Waals surface area contributed by atoms with Crippen LogP contribution in [0.2, 0.25) is 0 Å². The second kappa shape index (κ2) is 15.5. The number of rotatable bonds is 10. The van der Waals surface area contributed by atoms with Crippen LogP contribution in [0.3, 0.4) is 0 Å². The van der Waals surface area contributed by atoms with Crippen LogP contribution in [0.15, 0.2) is 139 Å². The zero-order valence-electron chi connectivity index (χ0n) is 30.6. The highest BCUT2D eigenvalue weighted by Crippen LogP contribution is 2.36. The highest BCUT2D eigenvalue weighted by atomic mass is 16.6. The monoisotopic (exact) mass is 716 g/mol. The van der Waals surface area contributed by atoms with E-state index in [9.17, 15) is 9.59 Å². The average molecular weight is 717 g/mol. The zero-order valence-corrected chi connectivity index (χ0v) is 30.6. The molecule has 0 aliphatic carbocycles. The number of aliphatic imine (C=N–C) groups is 1. The van der Waals surface area contributed by atoms with Crippen molar-refractivity contribution in [3.63, 3.8) is 0 Å². The number of nitrogens with zero attached hydrogens (tertiary/aromatic N) is 5. The molecular formula is C45H44N6O3. The lowest BCUT2D eigenvalue weighted by Crippen LogP contribution is -2.40. The Bertz CT molecular complexity index is 2190. The minimum Gasteiger partial charge on any atom is -0.445 e. The molecule has 8 rings (SSSR count). The number of imidazole rings is 1. The molecule has 0 spiro atoms. The fourth-order valence-corrected chi connectivity index (χ4v) is 7.75. The summed E-state index contributed by atoms with van der Waals surface area (Å²) >= 11 is 0. The highest BCUT2D eigenvalue weighted by Gasteiger charge is 2.37. The third kappa shape index (κ3) is 7.27. The third-order valence-corrected chi connectivity index (χ3v) is 10.6. The van der Waals surface area contributed by atoms with Gasteiger partial charge in [0.25, 0.3) is 0 Å². The van der Waals surface area contributed by atoms with Crippen LogP contribution in [0.5, 0.6) is 0 Å². The van der Waals surface area contributed by atoms with E-state index >= 15 is 0 Å². The number of amides is 2. The summed E-state index contributed by atoms with van der Waals surface area (Å²) in [5, 5.41) is 0. The quantitative estimate of drug-likeness (QED) is 0.146. The molecule has 54 heavy (non-hydrogen) atoms. The van der Waals surface area contributed by atoms with Crippen molar-refractivity contribution in [2.24, 2.45) is 4.99 Å². The van der Waals surface area contributed by atoms with Crippen molar-refractivity contribution in [3.8, 4) is 22.4 Å². The summed E-state index contributed by atoms with van der Waals surface area (Å²) < 4.78 is 5.62. The summed E-state index contributed by atoms with van der Waals surface area (Å²) in [6.45, 7) is 1.47. The summed E-state index contributed by atoms with van der Waals surface area (Å²) in [4.78, 5) is 45.6. The maximum Gasteiger partial charge on any atom is 0.411 e. The summed E-state index contributed by atoms with van der Waals surface area (Å²) in [6, 6.07) is 36.1. The van der Waals surface area contributed by atoms with Crippen LogP contribution in [0.4, 0.5) is 4.79 Å². The van der Waals surface area contributed by atoms with Gasteiger partial charge in [0.05, 0.1) is 24.0 Å². The largest absolute Gasteiger partial charge is 0.445 e. The van der Waals surface area contributed by atoms with Crippen LogP contribution >= 0.6 is 0 Å². The zero-order chi connectivity index (χ0) is 37.0. The van der Waals surface area contributed by atoms with Crippen LogP contribution in [0.1, 0.15) is 53.9 Å². The van der Waals surface area contributed by atoms with Gasteiger partial charge >= 0.3 is 6.09 Å². The molecule has 1 aromatic heterocycles. The first kappa shape index (κ1) is 35.0. The van der Waals surface area contributed by atoms with Crippen molar-refractivity contribution in [1.82, 2.24) is 24.7 Å². The Morgan fingerprint density at radius 2 is 1.52 bits per heavy atom. The number of nitrogens with one attached hydrogen (secondary N) is 1. The number of H-pyrrole nitrogens is 1. The van der Waals surface area contributed by atoms with Gasteiger partial charge in [-0.25, -0.2) is 9.78 Å². The number of aromatic amines is 1. The second-order valence-electron chi connectivity index (χ2n) is 14.3. The van der Waals surface area contributed by atoms with E-state index < -0.39 is 0 Å². The van der Waals surface area contributed by atoms with Gasteiger partial charge in [0.1, 0.15) is 18.5 Å². The number of allylic oxidation sites excluding steroid dienone is 1. The number of hydrogen-bond acceptors (Lipinski definition) is 6. The van der Waals surface area contributed by atoms with E-state index in [1.807, 2.05) is 109 Å². The fourth-order valence-electron chi connectivity index (χ4n) is 7.75. The molecule has 9 heteroatoms. The molecule has 1 N–H and O–H groups in total. The van der Waals surface area contributed by atoms with Gasteiger partial charge in [-0.3, -0.25) is 19.6 Å². The van der Waals surface area contributed by atoms with Crippen molar-refractivity contribution in [1.29, 1.82) is 0 Å². The molecule has 0 bridgehead atoms. The standard InChI is InChI=1S/C45H44N6O3/c1-49(2)42(36-13-7-4-8-14-36)44(52)50-25-10-16-41(50)43-47-29-39(48-43)35-23-21-33(22-24-35)32-17-19-34(20-18-32)37-27-38(46-28-37)40-15-9-26-51(40)45(53)54-30-31-11-5-3-6-12-31/h3-9,11-15,17-24,28-29,40-42H,10,16,25-27,30H2,1-2H3,(H,47,48)/t40-,41-,42+/m0/s1. The second-order valence-corrected chi connectivity index (χ2v) is 14.3. The van der Waals surface area contributed by atoms with Gasteiger partial charge in [0, 0.05) is 31.4 Å². The normalized spacial score (nSPS) is 18.6. The third-order valence-electron chi connectivity index (χ3n) is 10.6. The topological polar surface area (TPSA) is 94.1 Å². The van der Waals surface area contributed by atoms with E-state index in [4.69, 9.17) is 14.7 Å². The van der Waals surface area contributed by atoms with Crippen molar-refractivity contribution < 1.29 is 14.3 Å². The molecule has 4 aromatic carbocycles. The maximum absolute atomic E-state index is 13.9. The Kier molecular flexibility index (Phi) is 10.0. The molecule has 272 valence electrons. The van der Waals surface area contributed by atoms with Gasteiger partial charge in [0.2, 0.25) is 5.91 Å². The smallest absolute Gasteiger partial charge is 0.411 e. The predicted molar refractivity (Wildman–Crippen MR) is 212 cm³/mol. The first-order chi connectivity index (χ1) is 26.4. The summed E-state index contributed by atoms with van der Waals surface area (Å²) in [5.74, 6) is 0.933. The molecule has 3 atom stereocenters. The van der Waals surface area contributed by atoms with Gasteiger partial charge in [-0.15, -0.1) is 0 Å². The minimum atomic E-state index is -0.341. The number of likely N-dealkylation sites (N-methyl/N-ethyl adjacent to an activating group) is 1. The molecule has 9 nitrogen and oxygen atoms in total. The number of benzene rings is 4. The first-order valence-corrected chi connectivity index (χ1v) is 18.6. The highest BCUT2D eigenvalue weighted by molar-refractivity contribution is 6.04. The molecule has 0 saturated carbocycles. The lowest BCUT2D eigenvalue weighted by Gasteiger charge is -2.31. The van der Waals surface area contributed by atoms with Crippen LogP contribution in [-0.2, 0) is 16.1 Å². The molecule has 0 unspecified atom stereocenters. The molecule has 3 aliphatic rings. The van der Waals surface area contributed by atoms with Gasteiger partial charge in [-0.05, 0) is 65.9 Å². The Balaban J connectivity index is 0.883. The van der Waals surface area contributed by atoms with Crippen LogP contribution in [0, 0.1) is 0 Å². The maximum atomic E-state index is 13.9. The van der Waals surface area contributed by atoms with Gasteiger partial charge in [-0.1, -0.05) is 121 Å². The Morgan fingerprint density at radius 3 is 2.22 bits per heavy atom. The molecular weight excluding hydrogens is 673 g/mol. The molecule has 1 saturated heterocycles. The number of carbonyl (C=O) groups excluding carboxylic acids is 2. The molecule has 0 radical (unpaired) electrons. The van der Waals surface area contributed by atoms with Crippen LogP contribution in [-0.4, -0.2) is 75.6 Å². The lowest BCUT2D eigenvalue weighted by atomic mass is 9.96. The average Bonchev–Trinajstić information content (AvgIpc) is 4.05. The number of aromatic nitrogens is 2.